The summed E-state index contributed by atoms with van der Waals surface area (Å²) in [6.07, 6.45) is 0. The van der Waals surface area contributed by atoms with E-state index in [0.29, 0.717) is 0 Å². The van der Waals surface area contributed by atoms with E-state index < -0.39 is 5.09 Å². The van der Waals surface area contributed by atoms with Crippen LogP contribution in [0.5, 0.6) is 0 Å². The molecule has 0 aromatic heterocycles. The van der Waals surface area contributed by atoms with Crippen LogP contribution in [0.15, 0.2) is 0 Å². The quantitative estimate of drug-likeness (QED) is 0.366. The molecule has 0 aliphatic carbocycles. The number of hydrogen-bond acceptors (Lipinski definition) is 3. The Bertz CT molecular complexity index is 30.5. The molecule has 0 aromatic rings. The van der Waals surface area contributed by atoms with Crippen molar-refractivity contribution < 1.29 is 36.8 Å². The first-order valence-electron chi connectivity index (χ1n) is 0.548. The fourth-order valence-electron chi connectivity index (χ4n) is 0. The Morgan fingerprint density at radius 2 is 1.33 bits per heavy atom. The van der Waals surface area contributed by atoms with Gasteiger partial charge < -0.3 is 20.8 Å². The standard InChI is InChI=1S/NO3.O.Zr/c2-1(3)4;;/q-1;-2;+3. The summed E-state index contributed by atoms with van der Waals surface area (Å²) in [5.41, 5.74) is 0. The molecular weight excluding hydrogens is 169 g/mol. The number of hydrogen-bond donors (Lipinski definition) is 0. The predicted molar refractivity (Wildman–Crippen MR) is 11.0 cm³/mol. The summed E-state index contributed by atoms with van der Waals surface area (Å²) in [5.74, 6) is 0. The summed E-state index contributed by atoms with van der Waals surface area (Å²) in [5, 5.41) is 14.8. The first-order valence-corrected chi connectivity index (χ1v) is 0.548. The summed E-state index contributed by atoms with van der Waals surface area (Å²) in [6.45, 7) is 0. The minimum atomic E-state index is -1.75. The molecule has 33 valence electrons. The van der Waals surface area contributed by atoms with E-state index in [1.165, 1.54) is 0 Å². The van der Waals surface area contributed by atoms with Crippen LogP contribution in [0.1, 0.15) is 0 Å². The molecule has 0 saturated carbocycles. The van der Waals surface area contributed by atoms with Crippen molar-refractivity contribution >= 4 is 0 Å². The van der Waals surface area contributed by atoms with Crippen LogP contribution in [-0.2, 0) is 31.7 Å². The normalized spacial score (nSPS) is 4.00. The van der Waals surface area contributed by atoms with Gasteiger partial charge in [0.15, 0.2) is 0 Å². The van der Waals surface area contributed by atoms with Crippen molar-refractivity contribution in [3.05, 3.63) is 15.3 Å². The Labute approximate surface area is 52.5 Å². The molecule has 0 amide bonds. The van der Waals surface area contributed by atoms with Gasteiger partial charge in [0.25, 0.3) is 0 Å². The van der Waals surface area contributed by atoms with E-state index in [4.69, 9.17) is 15.3 Å². The van der Waals surface area contributed by atoms with Gasteiger partial charge in [-0.1, -0.05) is 0 Å². The van der Waals surface area contributed by atoms with E-state index in [0.717, 1.165) is 0 Å². The van der Waals surface area contributed by atoms with Gasteiger partial charge in [0.05, 0.1) is 5.09 Å². The van der Waals surface area contributed by atoms with Crippen LogP contribution >= 0.6 is 0 Å². The third kappa shape index (κ3) is 20100. The molecule has 0 spiro atoms. The van der Waals surface area contributed by atoms with Crippen molar-refractivity contribution in [1.29, 1.82) is 0 Å². The second-order valence-corrected chi connectivity index (χ2v) is 0.224. The van der Waals surface area contributed by atoms with Crippen molar-refractivity contribution in [2.45, 2.75) is 0 Å². The van der Waals surface area contributed by atoms with Crippen LogP contribution < -0.4 is 0 Å². The molecule has 0 N–H and O–H groups in total. The molecule has 0 atom stereocenters. The van der Waals surface area contributed by atoms with Gasteiger partial charge in [-0.2, -0.15) is 0 Å². The summed E-state index contributed by atoms with van der Waals surface area (Å²) < 4.78 is 0. The molecule has 5 nitrogen and oxygen atoms in total. The molecule has 6 heavy (non-hydrogen) atoms. The molecule has 0 bridgehead atoms. The summed E-state index contributed by atoms with van der Waals surface area (Å²) in [7, 11) is 0. The van der Waals surface area contributed by atoms with Gasteiger partial charge in [-0.25, -0.2) is 0 Å². The number of nitrogens with zero attached hydrogens (tertiary/aromatic N) is 1. The fraction of sp³-hybridized carbons (Fsp3) is 0. The Morgan fingerprint density at radius 1 is 1.33 bits per heavy atom. The van der Waals surface area contributed by atoms with E-state index in [2.05, 4.69) is 0 Å². The van der Waals surface area contributed by atoms with E-state index in [1.54, 1.807) is 0 Å². The fourth-order valence-corrected chi connectivity index (χ4v) is 0. The molecule has 0 saturated heterocycles. The Hall–Kier alpha value is 0.0431. The predicted octanol–water partition coefficient (Wildman–Crippen LogP) is -0.360. The third-order valence-electron chi connectivity index (χ3n) is 0. The van der Waals surface area contributed by atoms with E-state index in [9.17, 15) is 0 Å². The average Bonchev–Trinajstić information content (AvgIpc) is 0.811. The maximum atomic E-state index is 8.25. The van der Waals surface area contributed by atoms with E-state index in [-0.39, 0.29) is 31.7 Å². The van der Waals surface area contributed by atoms with Crippen LogP contribution in [-0.4, -0.2) is 5.09 Å². The van der Waals surface area contributed by atoms with Gasteiger partial charge in [-0.05, 0) is 0 Å². The average molecular weight is 169 g/mol. The molecule has 6 heteroatoms. The van der Waals surface area contributed by atoms with Crippen molar-refractivity contribution in [3.8, 4) is 0 Å². The maximum absolute atomic E-state index is 8.25. The van der Waals surface area contributed by atoms with Crippen molar-refractivity contribution in [1.82, 2.24) is 0 Å². The zero-order chi connectivity index (χ0) is 3.58. The van der Waals surface area contributed by atoms with Gasteiger partial charge in [-0.3, -0.25) is 0 Å². The van der Waals surface area contributed by atoms with E-state index in [1.807, 2.05) is 0 Å². The second kappa shape index (κ2) is 8.90. The molecule has 0 unspecified atom stereocenters. The smallest absolute Gasteiger partial charge is 2.00 e. The van der Waals surface area contributed by atoms with Crippen molar-refractivity contribution in [2.75, 3.05) is 0 Å². The van der Waals surface area contributed by atoms with Gasteiger partial charge in [0.2, 0.25) is 0 Å². The van der Waals surface area contributed by atoms with Crippen molar-refractivity contribution in [3.63, 3.8) is 0 Å². The molecule has 0 rings (SSSR count). The molecule has 0 aliphatic rings. The van der Waals surface area contributed by atoms with Crippen LogP contribution in [0.2, 0.25) is 0 Å². The third-order valence-corrected chi connectivity index (χ3v) is 0. The van der Waals surface area contributed by atoms with Gasteiger partial charge in [0.1, 0.15) is 0 Å². The molecule has 0 fully saturated rings. The molecule has 0 aromatic carbocycles. The summed E-state index contributed by atoms with van der Waals surface area (Å²) in [6, 6.07) is 0. The Kier molecular flexibility index (Phi) is 24.6. The first kappa shape index (κ1) is 16.6. The SMILES string of the molecule is O=[N+]([O-])[O-].[O-2].[Zr+3]. The van der Waals surface area contributed by atoms with Crippen LogP contribution in [0.25, 0.3) is 0 Å². The molecule has 0 aliphatic heterocycles. The van der Waals surface area contributed by atoms with Crippen LogP contribution in [0.3, 0.4) is 0 Å². The minimum Gasteiger partial charge on any atom is -2.00 e. The largest absolute Gasteiger partial charge is 3.00 e. The number of rotatable bonds is 0. The summed E-state index contributed by atoms with van der Waals surface area (Å²) >= 11 is 0. The molecule has 1 radical (unpaired) electrons. The minimum absolute atomic E-state index is 0. The topological polar surface area (TPSA) is 94.7 Å². The van der Waals surface area contributed by atoms with Gasteiger partial charge in [-0.15, -0.1) is 0 Å². The Morgan fingerprint density at radius 3 is 1.33 bits per heavy atom. The first-order chi connectivity index (χ1) is 1.73. The molecule has 0 heterocycles. The van der Waals surface area contributed by atoms with E-state index >= 15 is 0 Å². The van der Waals surface area contributed by atoms with Crippen LogP contribution in [0, 0.1) is 15.3 Å². The van der Waals surface area contributed by atoms with Crippen molar-refractivity contribution in [2.24, 2.45) is 0 Å². The second-order valence-electron chi connectivity index (χ2n) is 0.224. The zero-order valence-electron chi connectivity index (χ0n) is 2.58. The Balaban J connectivity index is -0.0000000450. The van der Waals surface area contributed by atoms with Crippen LogP contribution in [0.4, 0.5) is 0 Å². The zero-order valence-corrected chi connectivity index (χ0v) is 5.04. The van der Waals surface area contributed by atoms with Gasteiger partial charge >= 0.3 is 26.2 Å². The molecular formula is NO4Zr. The van der Waals surface area contributed by atoms with Gasteiger partial charge in [0, 0.05) is 0 Å². The monoisotopic (exact) mass is 168 g/mol. The maximum Gasteiger partial charge on any atom is 3.00 e. The summed E-state index contributed by atoms with van der Waals surface area (Å²) in [4.78, 5) is 8.25.